The van der Waals surface area contributed by atoms with Gasteiger partial charge in [0.15, 0.2) is 0 Å². The van der Waals surface area contributed by atoms with Crippen LogP contribution in [0.3, 0.4) is 0 Å². The van der Waals surface area contributed by atoms with Gasteiger partial charge < -0.3 is 0 Å². The van der Waals surface area contributed by atoms with E-state index in [4.69, 9.17) is 0 Å². The van der Waals surface area contributed by atoms with E-state index in [9.17, 15) is 9.59 Å². The minimum absolute atomic E-state index is 0.0101. The molecule has 0 radical (unpaired) electrons. The van der Waals surface area contributed by atoms with Crippen LogP contribution < -0.4 is 9.78 Å². The van der Waals surface area contributed by atoms with Gasteiger partial charge in [-0.25, -0.2) is 0 Å². The number of ketones is 2. The molecule has 3 nitrogen and oxygen atoms in total. The van der Waals surface area contributed by atoms with E-state index in [2.05, 4.69) is 29.6 Å². The summed E-state index contributed by atoms with van der Waals surface area (Å²) in [4.78, 5) is 25.5. The maximum atomic E-state index is 13.0. The van der Waals surface area contributed by atoms with Gasteiger partial charge in [-0.05, 0) is 0 Å². The third-order valence-electron chi connectivity index (χ3n) is 4.34. The molecular weight excluding hydrogens is 397 g/mol. The monoisotopic (exact) mass is 415 g/mol. The summed E-state index contributed by atoms with van der Waals surface area (Å²) in [5.74, 6) is 0.958. The Morgan fingerprint density at radius 1 is 0.960 bits per heavy atom. The normalized spacial score (nSPS) is 23.1. The number of carbonyl (C=O) groups excluding carboxylic acids is 2. The molecule has 1 heterocycles. The minimum atomic E-state index is -0.0660. The molecule has 2 aromatic rings. The first-order valence-corrected chi connectivity index (χ1v) is 11.1. The molecule has 0 spiro atoms. The Bertz CT molecular complexity index is 850. The van der Waals surface area contributed by atoms with E-state index in [1.165, 1.54) is 4.46 Å². The van der Waals surface area contributed by atoms with Gasteiger partial charge in [-0.15, -0.1) is 0 Å². The summed E-state index contributed by atoms with van der Waals surface area (Å²) in [6, 6.07) is 17.5. The van der Waals surface area contributed by atoms with Gasteiger partial charge in [0, 0.05) is 0 Å². The third kappa shape index (κ3) is 3.38. The molecule has 126 valence electrons. The summed E-state index contributed by atoms with van der Waals surface area (Å²) >= 11 is 2.13. The number of hydrogen-bond acceptors (Lipinski definition) is 4. The Balaban J connectivity index is 1.65. The summed E-state index contributed by atoms with van der Waals surface area (Å²) in [6.07, 6.45) is 1.56. The van der Waals surface area contributed by atoms with Crippen LogP contribution in [0.2, 0.25) is 0 Å². The van der Waals surface area contributed by atoms with Crippen molar-refractivity contribution in [1.29, 1.82) is 0 Å². The number of rotatable bonds is 3. The Morgan fingerprint density at radius 3 is 2.48 bits per heavy atom. The molecule has 1 aliphatic carbocycles. The quantitative estimate of drug-likeness (QED) is 0.782. The molecule has 2 unspecified atom stereocenters. The topological polar surface area (TPSA) is 46.2 Å². The van der Waals surface area contributed by atoms with Gasteiger partial charge in [0.25, 0.3) is 0 Å². The number of fused-ring (bicyclic) bond motifs is 1. The van der Waals surface area contributed by atoms with Gasteiger partial charge in [0.2, 0.25) is 0 Å². The molecule has 0 amide bonds. The first kappa shape index (κ1) is 16.8. The predicted molar refractivity (Wildman–Crippen MR) is 103 cm³/mol. The summed E-state index contributed by atoms with van der Waals surface area (Å²) in [6.45, 7) is 0.858. The molecule has 0 saturated carbocycles. The second-order valence-corrected chi connectivity index (χ2v) is 10.4. The molecule has 1 N–H and O–H groups in total. The summed E-state index contributed by atoms with van der Waals surface area (Å²) in [5.41, 5.74) is 1.68. The van der Waals surface area contributed by atoms with Crippen molar-refractivity contribution in [2.45, 2.75) is 10.2 Å². The molecule has 1 aliphatic heterocycles. The molecule has 0 bridgehead atoms. The number of thioether (sulfide) groups is 1. The number of hydrogen-bond donors (Lipinski definition) is 1. The van der Waals surface area contributed by atoms with E-state index in [-0.39, 0.29) is 32.6 Å². The first-order chi connectivity index (χ1) is 12.2. The van der Waals surface area contributed by atoms with Gasteiger partial charge in [0.1, 0.15) is 0 Å². The molecule has 1 saturated heterocycles. The van der Waals surface area contributed by atoms with Gasteiger partial charge in [-0.1, -0.05) is 0 Å². The van der Waals surface area contributed by atoms with Crippen molar-refractivity contribution in [3.8, 4) is 0 Å². The zero-order chi connectivity index (χ0) is 17.2. The average Bonchev–Trinajstić information content (AvgIpc) is 2.66. The van der Waals surface area contributed by atoms with Crippen molar-refractivity contribution in [1.82, 2.24) is 5.32 Å². The first-order valence-electron chi connectivity index (χ1n) is 8.20. The fraction of sp³-hybridized carbons (Fsp3) is 0.200. The van der Waals surface area contributed by atoms with Crippen molar-refractivity contribution in [3.63, 3.8) is 0 Å². The zero-order valence-electron chi connectivity index (χ0n) is 13.5. The fourth-order valence-electron chi connectivity index (χ4n) is 3.14. The van der Waals surface area contributed by atoms with Crippen molar-refractivity contribution >= 4 is 42.7 Å². The van der Waals surface area contributed by atoms with Crippen LogP contribution in [0.4, 0.5) is 0 Å². The Hall–Kier alpha value is -1.65. The van der Waals surface area contributed by atoms with E-state index in [1.54, 1.807) is 24.3 Å². The van der Waals surface area contributed by atoms with E-state index < -0.39 is 0 Å². The van der Waals surface area contributed by atoms with Crippen LogP contribution in [-0.2, 0) is 0 Å². The average molecular weight is 414 g/mol. The van der Waals surface area contributed by atoms with Crippen LogP contribution in [0.5, 0.6) is 0 Å². The van der Waals surface area contributed by atoms with Crippen molar-refractivity contribution in [2.75, 3.05) is 12.3 Å². The summed E-state index contributed by atoms with van der Waals surface area (Å²) in [7, 11) is 0. The van der Waals surface area contributed by atoms with Crippen LogP contribution in [0.1, 0.15) is 20.7 Å². The molecule has 1 fully saturated rings. The van der Waals surface area contributed by atoms with E-state index in [0.29, 0.717) is 20.8 Å². The third-order valence-corrected chi connectivity index (χ3v) is 8.93. The van der Waals surface area contributed by atoms with Crippen LogP contribution in [0, 0.1) is 0 Å². The van der Waals surface area contributed by atoms with Gasteiger partial charge in [-0.3, -0.25) is 0 Å². The van der Waals surface area contributed by atoms with Crippen LogP contribution in [0.25, 0.3) is 0 Å². The second kappa shape index (κ2) is 7.30. The Labute approximate surface area is 157 Å². The standard InChI is InChI=1S/C20H17NO2SSe/c22-17-12-16(19(23)15-9-5-4-8-14(15)17)18-20(24-11-10-21-18)25-13-6-2-1-3-7-13/h1-9,12,18,20-21H,10-11H2. The van der Waals surface area contributed by atoms with E-state index in [0.717, 1.165) is 12.3 Å². The van der Waals surface area contributed by atoms with Gasteiger partial charge >= 0.3 is 158 Å². The molecule has 4 rings (SSSR count). The predicted octanol–water partition coefficient (Wildman–Crippen LogP) is 2.05. The zero-order valence-corrected chi connectivity index (χ0v) is 16.0. The molecule has 2 aromatic carbocycles. The molecule has 25 heavy (non-hydrogen) atoms. The van der Waals surface area contributed by atoms with Crippen molar-refractivity contribution < 1.29 is 9.59 Å². The van der Waals surface area contributed by atoms with Crippen molar-refractivity contribution in [3.05, 3.63) is 77.4 Å². The SMILES string of the molecule is O=C1C=C(C2NCCSC2[Se]c2ccccc2)C(=O)c2ccccc21. The molecule has 0 aromatic heterocycles. The number of Topliss-reactive ketones (excluding diaryl/α,β-unsaturated/α-hetero) is 1. The number of nitrogens with one attached hydrogen (secondary N) is 1. The number of allylic oxidation sites excluding steroid dienone is 1. The summed E-state index contributed by atoms with van der Waals surface area (Å²) in [5, 5.41) is 3.49. The molecule has 2 atom stereocenters. The van der Waals surface area contributed by atoms with Gasteiger partial charge in [0.05, 0.1) is 0 Å². The number of benzene rings is 2. The Morgan fingerprint density at radius 2 is 1.68 bits per heavy atom. The molecular formula is C20H17NO2SSe. The molecule has 2 aliphatic rings. The number of carbonyl (C=O) groups is 2. The molecule has 5 heteroatoms. The fourth-order valence-corrected chi connectivity index (χ4v) is 7.74. The van der Waals surface area contributed by atoms with Crippen LogP contribution in [-0.4, -0.2) is 49.0 Å². The van der Waals surface area contributed by atoms with E-state index in [1.807, 2.05) is 23.9 Å². The van der Waals surface area contributed by atoms with Crippen molar-refractivity contribution in [2.24, 2.45) is 0 Å². The second-order valence-electron chi connectivity index (χ2n) is 5.94. The van der Waals surface area contributed by atoms with Crippen LogP contribution in [0.15, 0.2) is 66.2 Å². The Kier molecular flexibility index (Phi) is 4.91. The maximum absolute atomic E-state index is 13.0. The van der Waals surface area contributed by atoms with Gasteiger partial charge in [-0.2, -0.15) is 0 Å². The summed E-state index contributed by atoms with van der Waals surface area (Å²) < 4.78 is 1.62. The van der Waals surface area contributed by atoms with Crippen LogP contribution >= 0.6 is 11.8 Å². The van der Waals surface area contributed by atoms with E-state index >= 15 is 0 Å².